The Morgan fingerprint density at radius 3 is 2.82 bits per heavy atom. The lowest BCUT2D eigenvalue weighted by molar-refractivity contribution is -0.116. The van der Waals surface area contributed by atoms with Crippen molar-refractivity contribution in [3.05, 3.63) is 66.0 Å². The smallest absolute Gasteiger partial charge is 0.243 e. The first-order valence-corrected chi connectivity index (χ1v) is 10.9. The van der Waals surface area contributed by atoms with Gasteiger partial charge >= 0.3 is 0 Å². The fraction of sp³-hybridized carbons (Fsp3) is 0.240. The molecule has 2 aromatic carbocycles. The van der Waals surface area contributed by atoms with Crippen LogP contribution in [0.4, 0.5) is 5.82 Å². The number of carbonyl (C=O) groups excluding carboxylic acids is 1. The SMILES string of the molecule is C=CC(=O)NCc1ccc2c(c1)nc(N)c1nc(CCCC)n(Cc3cccc(O)c3O)c12. The predicted octanol–water partition coefficient (Wildman–Crippen LogP) is 3.77. The number of benzene rings is 2. The number of hydrogen-bond donors (Lipinski definition) is 4. The second-order valence-electron chi connectivity index (χ2n) is 7.97. The zero-order valence-electron chi connectivity index (χ0n) is 18.5. The van der Waals surface area contributed by atoms with Crippen LogP contribution in [0.25, 0.3) is 21.9 Å². The van der Waals surface area contributed by atoms with Gasteiger partial charge in [-0.15, -0.1) is 0 Å². The first-order chi connectivity index (χ1) is 15.9. The molecule has 0 aliphatic carbocycles. The van der Waals surface area contributed by atoms with E-state index < -0.39 is 0 Å². The van der Waals surface area contributed by atoms with Gasteiger partial charge in [0.05, 0.1) is 17.6 Å². The van der Waals surface area contributed by atoms with Crippen LogP contribution in [0, 0.1) is 0 Å². The molecule has 170 valence electrons. The van der Waals surface area contributed by atoms with E-state index in [9.17, 15) is 15.0 Å². The highest BCUT2D eigenvalue weighted by molar-refractivity contribution is 6.06. The fourth-order valence-corrected chi connectivity index (χ4v) is 3.95. The third-order valence-electron chi connectivity index (χ3n) is 5.68. The molecule has 8 nitrogen and oxygen atoms in total. The van der Waals surface area contributed by atoms with Gasteiger partial charge in [-0.25, -0.2) is 9.97 Å². The summed E-state index contributed by atoms with van der Waals surface area (Å²) in [7, 11) is 0. The molecule has 0 saturated carbocycles. The molecular weight excluding hydrogens is 418 g/mol. The highest BCUT2D eigenvalue weighted by Crippen LogP contribution is 2.33. The largest absolute Gasteiger partial charge is 0.504 e. The molecule has 33 heavy (non-hydrogen) atoms. The number of amides is 1. The number of rotatable bonds is 8. The van der Waals surface area contributed by atoms with Crippen LogP contribution < -0.4 is 11.1 Å². The van der Waals surface area contributed by atoms with Gasteiger partial charge in [-0.1, -0.05) is 44.2 Å². The topological polar surface area (TPSA) is 126 Å². The van der Waals surface area contributed by atoms with E-state index in [0.29, 0.717) is 35.5 Å². The molecule has 0 atom stereocenters. The molecule has 0 aliphatic heterocycles. The molecule has 4 aromatic rings. The Balaban J connectivity index is 1.88. The van der Waals surface area contributed by atoms with Crippen LogP contribution in [0.5, 0.6) is 11.5 Å². The number of nitrogens with two attached hydrogens (primary N) is 1. The van der Waals surface area contributed by atoms with Gasteiger partial charge in [-0.2, -0.15) is 0 Å². The summed E-state index contributed by atoms with van der Waals surface area (Å²) in [5.74, 6) is 0.610. The van der Waals surface area contributed by atoms with E-state index in [4.69, 9.17) is 10.7 Å². The average Bonchev–Trinajstić information content (AvgIpc) is 3.17. The Morgan fingerprint density at radius 2 is 2.06 bits per heavy atom. The summed E-state index contributed by atoms with van der Waals surface area (Å²) in [4.78, 5) is 20.9. The predicted molar refractivity (Wildman–Crippen MR) is 129 cm³/mol. The van der Waals surface area contributed by atoms with Crippen molar-refractivity contribution >= 4 is 33.7 Å². The van der Waals surface area contributed by atoms with Gasteiger partial charge in [-0.05, 0) is 30.2 Å². The molecule has 0 saturated heterocycles. The number of aromatic hydroxyl groups is 2. The van der Waals surface area contributed by atoms with Crippen LogP contribution in [0.1, 0.15) is 36.7 Å². The van der Waals surface area contributed by atoms with E-state index >= 15 is 0 Å². The third-order valence-corrected chi connectivity index (χ3v) is 5.68. The molecule has 0 fully saturated rings. The number of phenols is 2. The number of nitrogens with one attached hydrogen (secondary N) is 1. The van der Waals surface area contributed by atoms with E-state index in [2.05, 4.69) is 23.8 Å². The zero-order chi connectivity index (χ0) is 23.5. The van der Waals surface area contributed by atoms with Crippen molar-refractivity contribution in [2.45, 2.75) is 39.3 Å². The van der Waals surface area contributed by atoms with Crippen LogP contribution in [-0.2, 0) is 24.3 Å². The maximum atomic E-state index is 11.5. The second-order valence-corrected chi connectivity index (χ2v) is 7.97. The van der Waals surface area contributed by atoms with Gasteiger partial charge in [-0.3, -0.25) is 4.79 Å². The molecule has 0 radical (unpaired) electrons. The van der Waals surface area contributed by atoms with Crippen molar-refractivity contribution in [1.82, 2.24) is 19.9 Å². The summed E-state index contributed by atoms with van der Waals surface area (Å²) in [6.45, 7) is 6.25. The fourth-order valence-electron chi connectivity index (χ4n) is 3.95. The molecule has 1 amide bonds. The summed E-state index contributed by atoms with van der Waals surface area (Å²) >= 11 is 0. The lowest BCUT2D eigenvalue weighted by Crippen LogP contribution is -2.19. The molecule has 0 aliphatic rings. The number of carbonyl (C=O) groups is 1. The Labute approximate surface area is 191 Å². The van der Waals surface area contributed by atoms with E-state index in [1.807, 2.05) is 22.8 Å². The summed E-state index contributed by atoms with van der Waals surface area (Å²) in [6.07, 6.45) is 3.94. The monoisotopic (exact) mass is 445 g/mol. The van der Waals surface area contributed by atoms with Crippen molar-refractivity contribution in [2.75, 3.05) is 5.73 Å². The number of anilines is 1. The van der Waals surface area contributed by atoms with E-state index in [-0.39, 0.29) is 17.4 Å². The molecule has 0 unspecified atom stereocenters. The number of fused-ring (bicyclic) bond motifs is 3. The average molecular weight is 446 g/mol. The van der Waals surface area contributed by atoms with Crippen LogP contribution in [-0.4, -0.2) is 30.7 Å². The lowest BCUT2D eigenvalue weighted by Gasteiger charge is -2.13. The summed E-state index contributed by atoms with van der Waals surface area (Å²) in [5.41, 5.74) is 9.91. The highest BCUT2D eigenvalue weighted by atomic mass is 16.3. The number of pyridine rings is 1. The molecule has 2 heterocycles. The number of nitrogens with zero attached hydrogens (tertiary/aromatic N) is 3. The number of nitrogen functional groups attached to an aromatic ring is 1. The van der Waals surface area contributed by atoms with E-state index in [0.717, 1.165) is 41.6 Å². The lowest BCUT2D eigenvalue weighted by atomic mass is 10.1. The first kappa shape index (κ1) is 22.1. The van der Waals surface area contributed by atoms with E-state index in [1.165, 1.54) is 12.1 Å². The molecule has 8 heteroatoms. The summed E-state index contributed by atoms with van der Waals surface area (Å²) in [6, 6.07) is 10.7. The summed E-state index contributed by atoms with van der Waals surface area (Å²) in [5, 5.41) is 24.0. The highest BCUT2D eigenvalue weighted by Gasteiger charge is 2.19. The number of para-hydroxylation sites is 1. The quantitative estimate of drug-likeness (QED) is 0.242. The molecule has 4 rings (SSSR count). The molecule has 5 N–H and O–H groups in total. The maximum absolute atomic E-state index is 11.5. The van der Waals surface area contributed by atoms with Crippen molar-refractivity contribution in [3.63, 3.8) is 0 Å². The normalized spacial score (nSPS) is 11.2. The van der Waals surface area contributed by atoms with Crippen molar-refractivity contribution in [3.8, 4) is 11.5 Å². The van der Waals surface area contributed by atoms with Gasteiger partial charge in [0, 0.05) is 23.9 Å². The minimum atomic E-state index is -0.248. The van der Waals surface area contributed by atoms with Crippen LogP contribution in [0.3, 0.4) is 0 Å². The zero-order valence-corrected chi connectivity index (χ0v) is 18.5. The number of aryl methyl sites for hydroxylation is 1. The third kappa shape index (κ3) is 4.32. The standard InChI is InChI=1S/C25H27N5O3/c1-3-5-9-20-29-22-23(30(20)14-16-7-6-8-19(31)24(16)33)17-11-10-15(13-27-21(32)4-2)12-18(17)28-25(22)26/h4,6-8,10-12,31,33H,2-3,5,9,13-14H2,1H3,(H2,26,28)(H,27,32). The van der Waals surface area contributed by atoms with Gasteiger partial charge in [0.25, 0.3) is 0 Å². The Morgan fingerprint density at radius 1 is 1.24 bits per heavy atom. The van der Waals surface area contributed by atoms with Crippen molar-refractivity contribution < 1.29 is 15.0 Å². The number of imidazole rings is 1. The minimum absolute atomic E-state index is 0.146. The number of phenolic OH excluding ortho intramolecular Hbond substituents is 2. The van der Waals surface area contributed by atoms with Gasteiger partial charge < -0.3 is 25.8 Å². The number of unbranched alkanes of at least 4 members (excludes halogenated alkanes) is 1. The Bertz CT molecular complexity index is 1360. The Kier molecular flexibility index (Phi) is 6.17. The Hall–Kier alpha value is -4.07. The number of hydrogen-bond acceptors (Lipinski definition) is 6. The van der Waals surface area contributed by atoms with Gasteiger partial charge in [0.2, 0.25) is 5.91 Å². The molecule has 0 bridgehead atoms. The maximum Gasteiger partial charge on any atom is 0.243 e. The van der Waals surface area contributed by atoms with E-state index in [1.54, 1.807) is 12.1 Å². The van der Waals surface area contributed by atoms with Gasteiger partial charge in [0.1, 0.15) is 11.3 Å². The van der Waals surface area contributed by atoms with Crippen molar-refractivity contribution in [2.24, 2.45) is 0 Å². The molecule has 0 spiro atoms. The summed E-state index contributed by atoms with van der Waals surface area (Å²) < 4.78 is 2.04. The molecule has 2 aromatic heterocycles. The van der Waals surface area contributed by atoms with Crippen molar-refractivity contribution in [1.29, 1.82) is 0 Å². The van der Waals surface area contributed by atoms with Crippen LogP contribution in [0.2, 0.25) is 0 Å². The van der Waals surface area contributed by atoms with Gasteiger partial charge in [0.15, 0.2) is 17.3 Å². The minimum Gasteiger partial charge on any atom is -0.504 e. The second kappa shape index (κ2) is 9.20. The number of aromatic nitrogens is 3. The van der Waals surface area contributed by atoms with Crippen LogP contribution >= 0.6 is 0 Å². The first-order valence-electron chi connectivity index (χ1n) is 10.9. The van der Waals surface area contributed by atoms with Crippen LogP contribution in [0.15, 0.2) is 49.1 Å². The molecular formula is C25H27N5O3.